The summed E-state index contributed by atoms with van der Waals surface area (Å²) >= 11 is 0. The van der Waals surface area contributed by atoms with Crippen LogP contribution in [0, 0.1) is 0 Å². The van der Waals surface area contributed by atoms with Gasteiger partial charge in [0.2, 0.25) is 0 Å². The highest BCUT2D eigenvalue weighted by Crippen LogP contribution is 2.30. The van der Waals surface area contributed by atoms with Crippen molar-refractivity contribution in [3.8, 4) is 0 Å². The van der Waals surface area contributed by atoms with E-state index in [2.05, 4.69) is 0 Å². The van der Waals surface area contributed by atoms with Gasteiger partial charge in [-0.25, -0.2) is 0 Å². The van der Waals surface area contributed by atoms with Crippen LogP contribution in [0.15, 0.2) is 0 Å². The molecule has 4 N–H and O–H groups in total. The van der Waals surface area contributed by atoms with Crippen LogP contribution in [-0.2, 0) is 0 Å². The summed E-state index contributed by atoms with van der Waals surface area (Å²) in [6, 6.07) is 0. The molecule has 4 nitrogen and oxygen atoms in total. The van der Waals surface area contributed by atoms with E-state index in [-0.39, 0.29) is 12.3 Å². The summed E-state index contributed by atoms with van der Waals surface area (Å²) in [4.78, 5) is 32.8. The lowest BCUT2D eigenvalue weighted by atomic mass is 11.0. The molecule has 0 fully saturated rings. The summed E-state index contributed by atoms with van der Waals surface area (Å²) < 4.78 is 0. The van der Waals surface area contributed by atoms with Crippen LogP contribution in [0.1, 0.15) is 0 Å². The molecule has 8 heavy (non-hydrogen) atoms. The molecule has 0 aromatic carbocycles. The smallest absolute Gasteiger partial charge is 0.165 e. The molecule has 0 amide bonds. The fraction of sp³-hybridized carbons (Fsp3) is 1.00. The maximum absolute atomic E-state index is 8.21. The van der Waals surface area contributed by atoms with Gasteiger partial charge in [-0.05, 0) is 0 Å². The summed E-state index contributed by atoms with van der Waals surface area (Å²) in [5.74, 6) is 0. The van der Waals surface area contributed by atoms with Gasteiger partial charge in [-0.3, -0.25) is 0 Å². The quantitative estimate of drug-likeness (QED) is 0.420. The highest BCUT2D eigenvalue weighted by Gasteiger charge is 2.02. The van der Waals surface area contributed by atoms with Gasteiger partial charge in [-0.2, -0.15) is 0 Å². The minimum Gasteiger partial charge on any atom is -0.350 e. The first-order chi connectivity index (χ1) is 3.63. The Morgan fingerprint density at radius 1 is 0.750 bits per heavy atom. The third-order valence-corrected chi connectivity index (χ3v) is 2.10. The third kappa shape index (κ3) is 6.70. The first-order valence-corrected chi connectivity index (χ1v) is 4.80. The van der Waals surface area contributed by atoms with Gasteiger partial charge in [0, 0.05) is 12.3 Å². The Hall–Kier alpha value is 0.700. The molecule has 0 saturated carbocycles. The fourth-order valence-corrected chi connectivity index (χ4v) is 1.61. The first-order valence-electron chi connectivity index (χ1n) is 1.93. The molecule has 0 aliphatic heterocycles. The summed E-state index contributed by atoms with van der Waals surface area (Å²) in [5, 5.41) is 0. The Balaban J connectivity index is 2.93. The lowest BCUT2D eigenvalue weighted by Crippen LogP contribution is -1.88. The molecular weight excluding hydrogens is 150 g/mol. The van der Waals surface area contributed by atoms with Gasteiger partial charge in [-0.15, -0.1) is 0 Å². The molecule has 50 valence electrons. The summed E-state index contributed by atoms with van der Waals surface area (Å²) in [5.41, 5.74) is 0. The van der Waals surface area contributed by atoms with Crippen LogP contribution in [0.2, 0.25) is 0 Å². The number of rotatable bonds is 3. The SMILES string of the molecule is OP(O)CCP(O)O. The maximum atomic E-state index is 8.21. The summed E-state index contributed by atoms with van der Waals surface area (Å²) in [6.07, 6.45) is 0.183. The van der Waals surface area contributed by atoms with Crippen molar-refractivity contribution in [3.63, 3.8) is 0 Å². The van der Waals surface area contributed by atoms with E-state index in [1.165, 1.54) is 0 Å². The zero-order valence-corrected chi connectivity index (χ0v) is 5.89. The van der Waals surface area contributed by atoms with Crippen molar-refractivity contribution >= 4 is 16.8 Å². The van der Waals surface area contributed by atoms with E-state index >= 15 is 0 Å². The highest BCUT2D eigenvalue weighted by atomic mass is 31.2. The maximum Gasteiger partial charge on any atom is 0.165 e. The largest absolute Gasteiger partial charge is 0.350 e. The summed E-state index contributed by atoms with van der Waals surface area (Å²) in [6.45, 7) is 0. The first kappa shape index (κ1) is 8.70. The van der Waals surface area contributed by atoms with E-state index in [1.54, 1.807) is 0 Å². The topological polar surface area (TPSA) is 80.9 Å². The lowest BCUT2D eigenvalue weighted by molar-refractivity contribution is 0.471. The van der Waals surface area contributed by atoms with Gasteiger partial charge in [0.1, 0.15) is 0 Å². The molecular formula is C2H8O4P2. The Morgan fingerprint density at radius 3 is 1.12 bits per heavy atom. The molecule has 0 radical (unpaired) electrons. The Labute approximate surface area is 49.6 Å². The van der Waals surface area contributed by atoms with Crippen LogP contribution in [0.3, 0.4) is 0 Å². The Morgan fingerprint density at radius 2 is 1.00 bits per heavy atom. The van der Waals surface area contributed by atoms with Crippen LogP contribution in [-0.4, -0.2) is 31.9 Å². The zero-order valence-electron chi connectivity index (χ0n) is 4.10. The predicted octanol–water partition coefficient (Wildman–Crippen LogP) is -0.421. The second kappa shape index (κ2) is 4.57. The number of hydrogen-bond donors (Lipinski definition) is 4. The monoisotopic (exact) mass is 158 g/mol. The van der Waals surface area contributed by atoms with Gasteiger partial charge in [-0.1, -0.05) is 0 Å². The van der Waals surface area contributed by atoms with Gasteiger partial charge in [0.25, 0.3) is 0 Å². The predicted molar refractivity (Wildman–Crippen MR) is 32.4 cm³/mol. The van der Waals surface area contributed by atoms with E-state index in [1.807, 2.05) is 0 Å². The van der Waals surface area contributed by atoms with Crippen LogP contribution >= 0.6 is 16.8 Å². The van der Waals surface area contributed by atoms with Crippen molar-refractivity contribution in [1.29, 1.82) is 0 Å². The van der Waals surface area contributed by atoms with Crippen molar-refractivity contribution in [1.82, 2.24) is 0 Å². The Bertz CT molecular complexity index is 48.0. The van der Waals surface area contributed by atoms with Gasteiger partial charge < -0.3 is 19.6 Å². The normalized spacial score (nSPS) is 11.2. The third-order valence-electron chi connectivity index (χ3n) is 0.500. The van der Waals surface area contributed by atoms with Gasteiger partial charge >= 0.3 is 0 Å². The molecule has 0 aliphatic rings. The van der Waals surface area contributed by atoms with E-state index in [0.717, 1.165) is 0 Å². The minimum atomic E-state index is -1.94. The van der Waals surface area contributed by atoms with E-state index in [0.29, 0.717) is 0 Å². The van der Waals surface area contributed by atoms with Gasteiger partial charge in [0.15, 0.2) is 16.8 Å². The van der Waals surface area contributed by atoms with E-state index in [4.69, 9.17) is 19.6 Å². The number of hydrogen-bond acceptors (Lipinski definition) is 4. The lowest BCUT2D eigenvalue weighted by Gasteiger charge is -2.01. The minimum absolute atomic E-state index is 0.0913. The Kier molecular flexibility index (Phi) is 4.97. The van der Waals surface area contributed by atoms with E-state index < -0.39 is 16.8 Å². The highest BCUT2D eigenvalue weighted by molar-refractivity contribution is 7.49. The van der Waals surface area contributed by atoms with Gasteiger partial charge in [0.05, 0.1) is 0 Å². The molecule has 0 bridgehead atoms. The molecule has 6 heteroatoms. The van der Waals surface area contributed by atoms with Crippen molar-refractivity contribution in [2.75, 3.05) is 12.3 Å². The average molecular weight is 158 g/mol. The summed E-state index contributed by atoms with van der Waals surface area (Å²) in [7, 11) is -3.87. The second-order valence-electron chi connectivity index (χ2n) is 1.19. The van der Waals surface area contributed by atoms with Crippen LogP contribution in [0.25, 0.3) is 0 Å². The van der Waals surface area contributed by atoms with Crippen molar-refractivity contribution in [3.05, 3.63) is 0 Å². The van der Waals surface area contributed by atoms with Crippen molar-refractivity contribution < 1.29 is 19.6 Å². The van der Waals surface area contributed by atoms with Crippen molar-refractivity contribution in [2.24, 2.45) is 0 Å². The standard InChI is InChI=1S/C2H8O4P2/c3-7(4)1-2-8(5)6/h3-6H,1-2H2. The molecule has 0 aliphatic carbocycles. The second-order valence-corrected chi connectivity index (χ2v) is 3.58. The molecule has 0 aromatic heterocycles. The molecule has 0 unspecified atom stereocenters. The molecule has 0 spiro atoms. The van der Waals surface area contributed by atoms with Crippen LogP contribution < -0.4 is 0 Å². The van der Waals surface area contributed by atoms with E-state index in [9.17, 15) is 0 Å². The fourth-order valence-electron chi connectivity index (χ4n) is 0.179. The molecule has 0 aromatic rings. The average Bonchev–Trinajstić information content (AvgIpc) is 1.61. The van der Waals surface area contributed by atoms with Crippen molar-refractivity contribution in [2.45, 2.75) is 0 Å². The molecule has 0 rings (SSSR count). The molecule has 0 saturated heterocycles. The molecule has 0 heterocycles. The van der Waals surface area contributed by atoms with Crippen LogP contribution in [0.4, 0.5) is 0 Å². The van der Waals surface area contributed by atoms with Crippen LogP contribution in [0.5, 0.6) is 0 Å². The molecule has 0 atom stereocenters. The zero-order chi connectivity index (χ0) is 6.57.